The third-order valence-electron chi connectivity index (χ3n) is 3.57. The molecule has 0 saturated carbocycles. The van der Waals surface area contributed by atoms with E-state index in [9.17, 15) is 10.2 Å². The molecule has 2 N–H and O–H groups in total. The Bertz CT molecular complexity index is 365. The molecule has 108 valence electrons. The number of rotatable bonds is 7. The molecule has 0 aliphatic rings. The van der Waals surface area contributed by atoms with E-state index < -0.39 is 12.2 Å². The molecule has 4 nitrogen and oxygen atoms in total. The number of hydrogen-bond donors (Lipinski definition) is 2. The van der Waals surface area contributed by atoms with E-state index in [-0.39, 0.29) is 5.92 Å². The van der Waals surface area contributed by atoms with Gasteiger partial charge in [-0.15, -0.1) is 0 Å². The van der Waals surface area contributed by atoms with E-state index in [0.717, 1.165) is 12.8 Å². The minimum absolute atomic E-state index is 0.0761. The molecule has 0 fully saturated rings. The van der Waals surface area contributed by atoms with Gasteiger partial charge in [-0.1, -0.05) is 26.7 Å². The van der Waals surface area contributed by atoms with Crippen LogP contribution < -0.4 is 9.47 Å². The van der Waals surface area contributed by atoms with Gasteiger partial charge in [0.2, 0.25) is 0 Å². The fraction of sp³-hybridized carbons (Fsp3) is 0.600. The molecule has 2 unspecified atom stereocenters. The third kappa shape index (κ3) is 3.85. The van der Waals surface area contributed by atoms with Crippen molar-refractivity contribution in [2.75, 3.05) is 14.2 Å². The fourth-order valence-electron chi connectivity index (χ4n) is 2.23. The molecular formula is C15H24O4. The highest BCUT2D eigenvalue weighted by Crippen LogP contribution is 2.31. The first-order valence-corrected chi connectivity index (χ1v) is 6.66. The predicted molar refractivity (Wildman–Crippen MR) is 74.6 cm³/mol. The van der Waals surface area contributed by atoms with Gasteiger partial charge in [0.25, 0.3) is 0 Å². The maximum absolute atomic E-state index is 10.3. The average molecular weight is 268 g/mol. The molecule has 4 heteroatoms. The number of hydrogen-bond acceptors (Lipinski definition) is 4. The van der Waals surface area contributed by atoms with Crippen LogP contribution in [0.2, 0.25) is 0 Å². The lowest BCUT2D eigenvalue weighted by Crippen LogP contribution is -2.27. The highest BCUT2D eigenvalue weighted by atomic mass is 16.5. The Morgan fingerprint density at radius 3 is 1.79 bits per heavy atom. The topological polar surface area (TPSA) is 58.9 Å². The van der Waals surface area contributed by atoms with Gasteiger partial charge in [-0.3, -0.25) is 0 Å². The molecule has 2 atom stereocenters. The van der Waals surface area contributed by atoms with Gasteiger partial charge in [-0.25, -0.2) is 0 Å². The van der Waals surface area contributed by atoms with Crippen LogP contribution in [0.15, 0.2) is 18.2 Å². The summed E-state index contributed by atoms with van der Waals surface area (Å²) >= 11 is 0. The molecular weight excluding hydrogens is 244 g/mol. The first-order chi connectivity index (χ1) is 9.07. The predicted octanol–water partition coefficient (Wildman–Crippen LogP) is 2.53. The van der Waals surface area contributed by atoms with E-state index in [4.69, 9.17) is 9.47 Å². The summed E-state index contributed by atoms with van der Waals surface area (Å²) in [5.41, 5.74) is 0.607. The van der Waals surface area contributed by atoms with Gasteiger partial charge in [0.15, 0.2) is 0 Å². The van der Waals surface area contributed by atoms with Crippen LogP contribution in [0.1, 0.15) is 38.4 Å². The van der Waals surface area contributed by atoms with Gasteiger partial charge in [0.1, 0.15) is 17.6 Å². The molecule has 0 aromatic heterocycles. The Morgan fingerprint density at radius 2 is 1.42 bits per heavy atom. The smallest absolute Gasteiger partial charge is 0.122 e. The van der Waals surface area contributed by atoms with E-state index in [1.807, 2.05) is 13.8 Å². The summed E-state index contributed by atoms with van der Waals surface area (Å²) in [5, 5.41) is 20.5. The largest absolute Gasteiger partial charge is 0.497 e. The standard InChI is InChI=1S/C15H24O4/c1-5-10(6-2)14(16)15(17)11-7-12(18-3)9-13(8-11)19-4/h7-10,14-17H,5-6H2,1-4H3. The lowest BCUT2D eigenvalue weighted by molar-refractivity contribution is -0.0211. The normalized spacial score (nSPS) is 14.3. The summed E-state index contributed by atoms with van der Waals surface area (Å²) in [4.78, 5) is 0. The van der Waals surface area contributed by atoms with Crippen molar-refractivity contribution < 1.29 is 19.7 Å². The second-order valence-electron chi connectivity index (χ2n) is 4.66. The number of aliphatic hydroxyl groups is 2. The molecule has 0 aliphatic carbocycles. The van der Waals surface area contributed by atoms with Gasteiger partial charge in [-0.05, 0) is 23.6 Å². The molecule has 0 spiro atoms. The van der Waals surface area contributed by atoms with Crippen LogP contribution >= 0.6 is 0 Å². The van der Waals surface area contributed by atoms with Crippen molar-refractivity contribution in [3.8, 4) is 11.5 Å². The van der Waals surface area contributed by atoms with Gasteiger partial charge in [0.05, 0.1) is 20.3 Å². The maximum atomic E-state index is 10.3. The SMILES string of the molecule is CCC(CC)C(O)C(O)c1cc(OC)cc(OC)c1. The lowest BCUT2D eigenvalue weighted by atomic mass is 9.89. The maximum Gasteiger partial charge on any atom is 0.122 e. The summed E-state index contributed by atoms with van der Waals surface area (Å²) in [7, 11) is 3.12. The molecule has 1 aromatic carbocycles. The number of methoxy groups -OCH3 is 2. The Balaban J connectivity index is 3.00. The summed E-state index contributed by atoms with van der Waals surface area (Å²) in [6.07, 6.45) is -0.0632. The molecule has 0 heterocycles. The highest BCUT2D eigenvalue weighted by molar-refractivity contribution is 5.39. The number of aliphatic hydroxyl groups excluding tert-OH is 2. The van der Waals surface area contributed by atoms with Gasteiger partial charge in [0, 0.05) is 6.07 Å². The summed E-state index contributed by atoms with van der Waals surface area (Å²) in [5.74, 6) is 1.28. The fourth-order valence-corrected chi connectivity index (χ4v) is 2.23. The minimum atomic E-state index is -0.936. The van der Waals surface area contributed by atoms with Crippen LogP contribution in [0.4, 0.5) is 0 Å². The van der Waals surface area contributed by atoms with E-state index in [0.29, 0.717) is 17.1 Å². The van der Waals surface area contributed by atoms with E-state index in [2.05, 4.69) is 0 Å². The van der Waals surface area contributed by atoms with Crippen LogP contribution in [-0.4, -0.2) is 30.5 Å². The second kappa shape index (κ2) is 7.36. The molecule has 19 heavy (non-hydrogen) atoms. The van der Waals surface area contributed by atoms with Crippen molar-refractivity contribution in [3.63, 3.8) is 0 Å². The van der Waals surface area contributed by atoms with Crippen LogP contribution in [0.3, 0.4) is 0 Å². The number of benzene rings is 1. The zero-order valence-electron chi connectivity index (χ0n) is 12.1. The Kier molecular flexibility index (Phi) is 6.12. The van der Waals surface area contributed by atoms with Gasteiger partial charge in [-0.2, -0.15) is 0 Å². The third-order valence-corrected chi connectivity index (χ3v) is 3.57. The second-order valence-corrected chi connectivity index (χ2v) is 4.66. The zero-order chi connectivity index (χ0) is 14.4. The van der Waals surface area contributed by atoms with Gasteiger partial charge < -0.3 is 19.7 Å². The molecule has 0 amide bonds. The zero-order valence-corrected chi connectivity index (χ0v) is 12.1. The molecule has 1 aromatic rings. The molecule has 0 saturated heterocycles. The van der Waals surface area contributed by atoms with Crippen molar-refractivity contribution in [2.24, 2.45) is 5.92 Å². The van der Waals surface area contributed by atoms with Crippen molar-refractivity contribution in [1.29, 1.82) is 0 Å². The van der Waals surface area contributed by atoms with Crippen LogP contribution in [0.5, 0.6) is 11.5 Å². The van der Waals surface area contributed by atoms with Crippen molar-refractivity contribution >= 4 is 0 Å². The molecule has 0 aliphatic heterocycles. The van der Waals surface area contributed by atoms with E-state index in [1.165, 1.54) is 0 Å². The Hall–Kier alpha value is -1.26. The van der Waals surface area contributed by atoms with Crippen molar-refractivity contribution in [3.05, 3.63) is 23.8 Å². The Labute approximate surface area is 115 Å². The summed E-state index contributed by atoms with van der Waals surface area (Å²) in [6, 6.07) is 5.18. The van der Waals surface area contributed by atoms with Crippen molar-refractivity contribution in [2.45, 2.75) is 38.9 Å². The molecule has 0 radical (unpaired) electrons. The summed E-state index contributed by atoms with van der Waals surface area (Å²) < 4.78 is 10.3. The van der Waals surface area contributed by atoms with Crippen molar-refractivity contribution in [1.82, 2.24) is 0 Å². The van der Waals surface area contributed by atoms with Crippen LogP contribution in [-0.2, 0) is 0 Å². The average Bonchev–Trinajstić information content (AvgIpc) is 2.46. The highest BCUT2D eigenvalue weighted by Gasteiger charge is 2.25. The quantitative estimate of drug-likeness (QED) is 0.798. The molecule has 1 rings (SSSR count). The summed E-state index contributed by atoms with van der Waals surface area (Å²) in [6.45, 7) is 4.02. The van der Waals surface area contributed by atoms with Crippen LogP contribution in [0.25, 0.3) is 0 Å². The van der Waals surface area contributed by atoms with E-state index in [1.54, 1.807) is 32.4 Å². The monoisotopic (exact) mass is 268 g/mol. The lowest BCUT2D eigenvalue weighted by Gasteiger charge is -2.25. The Morgan fingerprint density at radius 1 is 0.947 bits per heavy atom. The molecule has 0 bridgehead atoms. The number of ether oxygens (including phenoxy) is 2. The first-order valence-electron chi connectivity index (χ1n) is 6.66. The first kappa shape index (κ1) is 15.8. The van der Waals surface area contributed by atoms with Gasteiger partial charge >= 0.3 is 0 Å². The minimum Gasteiger partial charge on any atom is -0.497 e. The van der Waals surface area contributed by atoms with Crippen LogP contribution in [0, 0.1) is 5.92 Å². The van der Waals surface area contributed by atoms with E-state index >= 15 is 0 Å².